The molecule has 1 aliphatic carbocycles. The third-order valence-corrected chi connectivity index (χ3v) is 5.69. The lowest BCUT2D eigenvalue weighted by molar-refractivity contribution is 0.138. The molecule has 2 atom stereocenters. The molecule has 0 saturated carbocycles. The van der Waals surface area contributed by atoms with E-state index in [9.17, 15) is 5.11 Å². The number of aliphatic hydroxyl groups is 1. The highest BCUT2D eigenvalue weighted by atomic mass is 16.5. The van der Waals surface area contributed by atoms with E-state index in [4.69, 9.17) is 4.52 Å². The van der Waals surface area contributed by atoms with Crippen LogP contribution >= 0.6 is 0 Å². The topological polar surface area (TPSA) is 49.5 Å². The minimum atomic E-state index is -0.270. The second-order valence-corrected chi connectivity index (χ2v) is 8.16. The van der Waals surface area contributed by atoms with Crippen molar-refractivity contribution in [3.05, 3.63) is 28.7 Å². The molecule has 0 unspecified atom stereocenters. The molecule has 0 spiro atoms. The largest absolute Gasteiger partial charge is 0.391 e. The van der Waals surface area contributed by atoms with E-state index in [-0.39, 0.29) is 12.0 Å². The zero-order valence-electron chi connectivity index (χ0n) is 14.9. The van der Waals surface area contributed by atoms with Crippen LogP contribution in [0.4, 0.5) is 0 Å². The molecule has 1 aromatic rings. The van der Waals surface area contributed by atoms with E-state index in [0.717, 1.165) is 37.5 Å². The summed E-state index contributed by atoms with van der Waals surface area (Å²) in [6, 6.07) is 1.98. The number of likely N-dealkylation sites (tertiary alicyclic amines) is 1. The van der Waals surface area contributed by atoms with E-state index in [2.05, 4.69) is 30.8 Å². The molecule has 4 nitrogen and oxygen atoms in total. The monoisotopic (exact) mass is 318 g/mol. The Morgan fingerprint density at radius 3 is 2.78 bits per heavy atom. The highest BCUT2D eigenvalue weighted by Crippen LogP contribution is 2.41. The molecule has 0 amide bonds. The van der Waals surface area contributed by atoms with Crippen LogP contribution in [0.3, 0.4) is 0 Å². The fourth-order valence-corrected chi connectivity index (χ4v) is 4.29. The van der Waals surface area contributed by atoms with Gasteiger partial charge < -0.3 is 9.63 Å². The predicted octanol–water partition coefficient (Wildman–Crippen LogP) is 3.34. The van der Waals surface area contributed by atoms with Crippen LogP contribution in [0.1, 0.15) is 51.5 Å². The summed E-state index contributed by atoms with van der Waals surface area (Å²) in [5.41, 5.74) is 4.36. The Morgan fingerprint density at radius 1 is 1.35 bits per heavy atom. The van der Waals surface area contributed by atoms with Gasteiger partial charge in [0.05, 0.1) is 11.8 Å². The first-order valence-electron chi connectivity index (χ1n) is 8.87. The Bertz CT molecular complexity index is 588. The normalized spacial score (nSPS) is 28.6. The molecule has 128 valence electrons. The van der Waals surface area contributed by atoms with Gasteiger partial charge in [-0.2, -0.15) is 0 Å². The molecule has 0 bridgehead atoms. The van der Waals surface area contributed by atoms with E-state index >= 15 is 0 Å². The molecule has 2 aliphatic rings. The van der Waals surface area contributed by atoms with Gasteiger partial charge in [-0.15, -0.1) is 0 Å². The number of aliphatic hydroxyl groups excluding tert-OH is 1. The molecule has 2 heterocycles. The number of allylic oxidation sites excluding steroid dienone is 1. The SMILES string of the molecule is CC1=C(CN2C[C@@H](Cc3cc(C)no3)[C@@H](O)C2)C(C)(C)CCC1. The first kappa shape index (κ1) is 16.7. The fraction of sp³-hybridized carbons (Fsp3) is 0.737. The average Bonchev–Trinajstić information content (AvgIpc) is 3.01. The quantitative estimate of drug-likeness (QED) is 0.865. The molecule has 0 radical (unpaired) electrons. The highest BCUT2D eigenvalue weighted by molar-refractivity contribution is 5.24. The minimum Gasteiger partial charge on any atom is -0.391 e. The van der Waals surface area contributed by atoms with E-state index < -0.39 is 0 Å². The average molecular weight is 318 g/mol. The Morgan fingerprint density at radius 2 is 2.13 bits per heavy atom. The number of β-amino-alcohol motifs (C(OH)–C–C–N with tert-alkyl or cyclic N) is 1. The van der Waals surface area contributed by atoms with E-state index in [1.165, 1.54) is 19.3 Å². The van der Waals surface area contributed by atoms with Crippen molar-refractivity contribution in [2.45, 2.75) is 59.5 Å². The third kappa shape index (κ3) is 3.69. The summed E-state index contributed by atoms with van der Waals surface area (Å²) in [6.07, 6.45) is 4.32. The van der Waals surface area contributed by atoms with Crippen molar-refractivity contribution in [2.75, 3.05) is 19.6 Å². The Hall–Kier alpha value is -1.13. The second kappa shape index (κ2) is 6.40. The second-order valence-electron chi connectivity index (χ2n) is 8.16. The van der Waals surface area contributed by atoms with Gasteiger partial charge in [-0.3, -0.25) is 4.90 Å². The maximum absolute atomic E-state index is 10.4. The Balaban J connectivity index is 1.64. The summed E-state index contributed by atoms with van der Waals surface area (Å²) in [7, 11) is 0. The molecule has 23 heavy (non-hydrogen) atoms. The minimum absolute atomic E-state index is 0.245. The van der Waals surface area contributed by atoms with Crippen LogP contribution in [0, 0.1) is 18.3 Å². The van der Waals surface area contributed by atoms with Gasteiger partial charge in [0.25, 0.3) is 0 Å². The van der Waals surface area contributed by atoms with Crippen molar-refractivity contribution in [2.24, 2.45) is 11.3 Å². The summed E-state index contributed by atoms with van der Waals surface area (Å²) in [5.74, 6) is 1.14. The number of nitrogens with zero attached hydrogens (tertiary/aromatic N) is 2. The Labute approximate surface area is 139 Å². The van der Waals surface area contributed by atoms with Crippen LogP contribution in [0.2, 0.25) is 0 Å². The number of aryl methyl sites for hydroxylation is 1. The maximum atomic E-state index is 10.4. The van der Waals surface area contributed by atoms with Gasteiger partial charge in [0.2, 0.25) is 0 Å². The van der Waals surface area contributed by atoms with Crippen molar-refractivity contribution in [3.63, 3.8) is 0 Å². The van der Waals surface area contributed by atoms with Crippen molar-refractivity contribution in [1.82, 2.24) is 10.1 Å². The smallest absolute Gasteiger partial charge is 0.137 e. The van der Waals surface area contributed by atoms with Gasteiger partial charge in [0, 0.05) is 38.0 Å². The number of aromatic nitrogens is 1. The zero-order valence-corrected chi connectivity index (χ0v) is 14.9. The lowest BCUT2D eigenvalue weighted by Gasteiger charge is -2.36. The number of hydrogen-bond donors (Lipinski definition) is 1. The van der Waals surface area contributed by atoms with Crippen LogP contribution in [-0.4, -0.2) is 40.9 Å². The molecule has 1 saturated heterocycles. The van der Waals surface area contributed by atoms with Crippen molar-refractivity contribution in [1.29, 1.82) is 0 Å². The summed E-state index contributed by atoms with van der Waals surface area (Å²) >= 11 is 0. The van der Waals surface area contributed by atoms with Gasteiger partial charge in [-0.25, -0.2) is 0 Å². The summed E-state index contributed by atoms with van der Waals surface area (Å²) < 4.78 is 5.32. The lowest BCUT2D eigenvalue weighted by Crippen LogP contribution is -2.32. The van der Waals surface area contributed by atoms with Crippen LogP contribution in [-0.2, 0) is 6.42 Å². The van der Waals surface area contributed by atoms with Crippen LogP contribution in [0.25, 0.3) is 0 Å². The number of hydrogen-bond acceptors (Lipinski definition) is 4. The van der Waals surface area contributed by atoms with E-state index in [0.29, 0.717) is 5.41 Å². The zero-order chi connectivity index (χ0) is 16.6. The third-order valence-electron chi connectivity index (χ3n) is 5.69. The first-order valence-corrected chi connectivity index (χ1v) is 8.87. The van der Waals surface area contributed by atoms with E-state index in [1.54, 1.807) is 11.1 Å². The molecule has 4 heteroatoms. The molecule has 1 aromatic heterocycles. The molecule has 0 aromatic carbocycles. The van der Waals surface area contributed by atoms with Crippen molar-refractivity contribution >= 4 is 0 Å². The molecule has 1 aliphatic heterocycles. The van der Waals surface area contributed by atoms with Gasteiger partial charge in [-0.05, 0) is 38.5 Å². The van der Waals surface area contributed by atoms with Crippen LogP contribution in [0.15, 0.2) is 21.7 Å². The lowest BCUT2D eigenvalue weighted by atomic mass is 9.72. The van der Waals surface area contributed by atoms with Gasteiger partial charge >= 0.3 is 0 Å². The standard InChI is InChI=1S/C19H30N2O2/c1-13-6-5-7-19(3,4)17(13)11-21-10-15(18(22)12-21)9-16-8-14(2)20-23-16/h8,15,18,22H,5-7,9-12H2,1-4H3/t15-,18+/m1/s1. The van der Waals surface area contributed by atoms with Gasteiger partial charge in [0.15, 0.2) is 0 Å². The van der Waals surface area contributed by atoms with Gasteiger partial charge in [0.1, 0.15) is 5.76 Å². The summed E-state index contributed by atoms with van der Waals surface area (Å²) in [4.78, 5) is 2.42. The van der Waals surface area contributed by atoms with Crippen LogP contribution in [0.5, 0.6) is 0 Å². The van der Waals surface area contributed by atoms with Crippen molar-refractivity contribution in [3.8, 4) is 0 Å². The van der Waals surface area contributed by atoms with E-state index in [1.807, 2.05) is 13.0 Å². The summed E-state index contributed by atoms with van der Waals surface area (Å²) in [5, 5.41) is 14.4. The Kier molecular flexibility index (Phi) is 4.65. The first-order chi connectivity index (χ1) is 10.8. The van der Waals surface area contributed by atoms with Gasteiger partial charge in [-0.1, -0.05) is 30.2 Å². The van der Waals surface area contributed by atoms with Crippen molar-refractivity contribution < 1.29 is 9.63 Å². The summed E-state index contributed by atoms with van der Waals surface area (Å²) in [6.45, 7) is 11.7. The molecule has 1 fully saturated rings. The molecular weight excluding hydrogens is 288 g/mol. The maximum Gasteiger partial charge on any atom is 0.137 e. The molecule has 1 N–H and O–H groups in total. The number of rotatable bonds is 4. The highest BCUT2D eigenvalue weighted by Gasteiger charge is 2.35. The van der Waals surface area contributed by atoms with Crippen LogP contribution < -0.4 is 0 Å². The predicted molar refractivity (Wildman–Crippen MR) is 91.2 cm³/mol. The molecular formula is C19H30N2O2. The molecule has 3 rings (SSSR count). The fourth-order valence-electron chi connectivity index (χ4n) is 4.29.